The van der Waals surface area contributed by atoms with Crippen LogP contribution in [-0.4, -0.2) is 5.90 Å². The van der Waals surface area contributed by atoms with E-state index >= 15 is 0 Å². The van der Waals surface area contributed by atoms with Gasteiger partial charge in [-0.3, -0.25) is 5.41 Å². The highest BCUT2D eigenvalue weighted by atomic mass is 35.5. The lowest BCUT2D eigenvalue weighted by atomic mass is 9.53. The number of nitriles is 3. The highest BCUT2D eigenvalue weighted by molar-refractivity contribution is 6.35. The molecule has 0 saturated carbocycles. The molecule has 6 nitrogen and oxygen atoms in total. The van der Waals surface area contributed by atoms with E-state index in [1.165, 1.54) is 6.07 Å². The van der Waals surface area contributed by atoms with E-state index in [4.69, 9.17) is 38.1 Å². The SMILES string of the molecule is CCc1ccc(C2OC3(c4ccc(Cl)cc4Cl)OC(=N)C(C#N)(C3C)C2(C#N)C#N)cc1. The first-order chi connectivity index (χ1) is 15.3. The maximum absolute atomic E-state index is 10.3. The molecule has 8 heteroatoms. The fraction of sp³-hybridized carbons (Fsp3) is 0.333. The fourth-order valence-electron chi connectivity index (χ4n) is 4.84. The number of nitrogens with zero attached hydrogens (tertiary/aromatic N) is 3. The zero-order valence-corrected chi connectivity index (χ0v) is 18.8. The molecule has 2 aliphatic heterocycles. The molecule has 4 atom stereocenters. The van der Waals surface area contributed by atoms with Crippen LogP contribution < -0.4 is 0 Å². The van der Waals surface area contributed by atoms with Crippen molar-refractivity contribution >= 4 is 29.1 Å². The van der Waals surface area contributed by atoms with Crippen molar-refractivity contribution in [3.8, 4) is 18.2 Å². The van der Waals surface area contributed by atoms with E-state index in [0.29, 0.717) is 16.1 Å². The third kappa shape index (κ3) is 2.57. The molecule has 2 fully saturated rings. The molecule has 0 radical (unpaired) electrons. The minimum absolute atomic E-state index is 0.229. The molecular weight excluding hydrogens is 447 g/mol. The van der Waals surface area contributed by atoms with Crippen LogP contribution in [0, 0.1) is 56.2 Å². The van der Waals surface area contributed by atoms with Crippen LogP contribution in [0.4, 0.5) is 0 Å². The van der Waals surface area contributed by atoms with Gasteiger partial charge in [-0.2, -0.15) is 15.8 Å². The van der Waals surface area contributed by atoms with Crippen molar-refractivity contribution < 1.29 is 9.47 Å². The lowest BCUT2D eigenvalue weighted by Crippen LogP contribution is -2.57. The van der Waals surface area contributed by atoms with E-state index in [0.717, 1.165) is 12.0 Å². The van der Waals surface area contributed by atoms with Crippen LogP contribution in [-0.2, 0) is 21.7 Å². The van der Waals surface area contributed by atoms with E-state index in [2.05, 4.69) is 6.07 Å². The molecule has 4 rings (SSSR count). The minimum Gasteiger partial charge on any atom is -0.443 e. The molecular formula is C24H18Cl2N4O2. The summed E-state index contributed by atoms with van der Waals surface area (Å²) in [5.74, 6) is -3.04. The molecule has 2 aliphatic rings. The lowest BCUT2D eigenvalue weighted by molar-refractivity contribution is -0.288. The van der Waals surface area contributed by atoms with Gasteiger partial charge in [0.15, 0.2) is 5.41 Å². The van der Waals surface area contributed by atoms with Gasteiger partial charge < -0.3 is 9.47 Å². The van der Waals surface area contributed by atoms with Crippen molar-refractivity contribution in [2.75, 3.05) is 0 Å². The number of rotatable bonds is 3. The first-order valence-electron chi connectivity index (χ1n) is 10.00. The Labute approximate surface area is 196 Å². The minimum atomic E-state index is -2.02. The van der Waals surface area contributed by atoms with Crippen LogP contribution in [0.25, 0.3) is 0 Å². The largest absolute Gasteiger partial charge is 0.443 e. The smallest absolute Gasteiger partial charge is 0.245 e. The zero-order valence-electron chi connectivity index (χ0n) is 17.3. The van der Waals surface area contributed by atoms with E-state index in [1.807, 2.05) is 31.2 Å². The Hall–Kier alpha value is -3.08. The molecule has 0 spiro atoms. The average Bonchev–Trinajstić information content (AvgIpc) is 2.95. The van der Waals surface area contributed by atoms with Gasteiger partial charge in [0.05, 0.1) is 29.1 Å². The summed E-state index contributed by atoms with van der Waals surface area (Å²) >= 11 is 12.6. The molecule has 160 valence electrons. The third-order valence-electron chi connectivity index (χ3n) is 6.67. The Kier molecular flexibility index (Phi) is 5.19. The predicted molar refractivity (Wildman–Crippen MR) is 117 cm³/mol. The molecule has 4 unspecified atom stereocenters. The lowest BCUT2D eigenvalue weighted by Gasteiger charge is -2.49. The number of ether oxygens (including phenoxy) is 2. The zero-order chi connectivity index (χ0) is 23.3. The second-order valence-electron chi connectivity index (χ2n) is 7.99. The van der Waals surface area contributed by atoms with Crippen molar-refractivity contribution in [1.82, 2.24) is 0 Å². The van der Waals surface area contributed by atoms with E-state index in [-0.39, 0.29) is 5.02 Å². The third-order valence-corrected chi connectivity index (χ3v) is 7.21. The molecule has 1 N–H and O–H groups in total. The van der Waals surface area contributed by atoms with Gasteiger partial charge in [0.1, 0.15) is 6.10 Å². The summed E-state index contributed by atoms with van der Waals surface area (Å²) < 4.78 is 12.4. The van der Waals surface area contributed by atoms with Crippen molar-refractivity contribution in [2.24, 2.45) is 16.7 Å². The number of benzene rings is 2. The van der Waals surface area contributed by atoms with Crippen molar-refractivity contribution in [3.05, 3.63) is 69.2 Å². The van der Waals surface area contributed by atoms with Crippen LogP contribution in [0.1, 0.15) is 36.6 Å². The summed E-state index contributed by atoms with van der Waals surface area (Å²) in [5, 5.41) is 40.1. The van der Waals surface area contributed by atoms with E-state index in [1.54, 1.807) is 31.2 Å². The van der Waals surface area contributed by atoms with Gasteiger partial charge >= 0.3 is 0 Å². The average molecular weight is 465 g/mol. The molecule has 0 amide bonds. The van der Waals surface area contributed by atoms with Crippen molar-refractivity contribution in [2.45, 2.75) is 32.2 Å². The van der Waals surface area contributed by atoms with Gasteiger partial charge in [-0.15, -0.1) is 0 Å². The first-order valence-corrected chi connectivity index (χ1v) is 10.8. The van der Waals surface area contributed by atoms with Gasteiger partial charge in [0, 0.05) is 10.6 Å². The normalized spacial score (nSPS) is 30.0. The van der Waals surface area contributed by atoms with Crippen molar-refractivity contribution in [3.63, 3.8) is 0 Å². The number of fused-ring (bicyclic) bond motifs is 2. The predicted octanol–water partition coefficient (Wildman–Crippen LogP) is 5.67. The van der Waals surface area contributed by atoms with Crippen LogP contribution in [0.3, 0.4) is 0 Å². The van der Waals surface area contributed by atoms with Gasteiger partial charge in [-0.1, -0.05) is 61.3 Å². The van der Waals surface area contributed by atoms with Crippen molar-refractivity contribution in [1.29, 1.82) is 21.2 Å². The Balaban J connectivity index is 2.03. The number of hydrogen-bond donors (Lipinski definition) is 1. The second-order valence-corrected chi connectivity index (χ2v) is 8.83. The van der Waals surface area contributed by atoms with Crippen LogP contribution in [0.2, 0.25) is 10.0 Å². The summed E-state index contributed by atoms with van der Waals surface area (Å²) in [5.41, 5.74) is -1.94. The molecule has 0 aromatic heterocycles. The number of hydrogen-bond acceptors (Lipinski definition) is 6. The summed E-state index contributed by atoms with van der Waals surface area (Å²) in [4.78, 5) is 0. The standard InChI is InChI=1S/C24H18Cl2N4O2/c1-3-15-4-6-16(7-5-15)20-22(11-27,12-28)23(13-29)14(2)24(31-20,32-21(23)30)18-9-8-17(25)10-19(18)26/h4-10,14,20,30H,3H2,1-2H3. The maximum atomic E-state index is 10.3. The Morgan fingerprint density at radius 2 is 1.69 bits per heavy atom. The number of nitrogens with one attached hydrogen (secondary N) is 1. The quantitative estimate of drug-likeness (QED) is 0.628. The van der Waals surface area contributed by atoms with Gasteiger partial charge in [-0.05, 0) is 35.7 Å². The van der Waals surface area contributed by atoms with Crippen LogP contribution in [0.15, 0.2) is 42.5 Å². The van der Waals surface area contributed by atoms with Gasteiger partial charge in [0.25, 0.3) is 0 Å². The van der Waals surface area contributed by atoms with Gasteiger partial charge in [-0.25, -0.2) is 0 Å². The monoisotopic (exact) mass is 464 g/mol. The fourth-order valence-corrected chi connectivity index (χ4v) is 5.38. The highest BCUT2D eigenvalue weighted by Gasteiger charge is 2.80. The first kappa shape index (κ1) is 22.1. The highest BCUT2D eigenvalue weighted by Crippen LogP contribution is 2.69. The molecule has 2 heterocycles. The molecule has 32 heavy (non-hydrogen) atoms. The van der Waals surface area contributed by atoms with E-state index in [9.17, 15) is 15.8 Å². The summed E-state index contributed by atoms with van der Waals surface area (Å²) in [6, 6.07) is 18.2. The molecule has 2 aromatic rings. The summed E-state index contributed by atoms with van der Waals surface area (Å²) in [6.45, 7) is 3.65. The van der Waals surface area contributed by atoms with Crippen LogP contribution >= 0.6 is 23.2 Å². The van der Waals surface area contributed by atoms with E-state index < -0.39 is 34.5 Å². The maximum Gasteiger partial charge on any atom is 0.245 e. The number of aryl methyl sites for hydroxylation is 1. The van der Waals surface area contributed by atoms with Gasteiger partial charge in [0.2, 0.25) is 17.1 Å². The summed E-state index contributed by atoms with van der Waals surface area (Å²) in [7, 11) is 0. The Morgan fingerprint density at radius 3 is 2.22 bits per heavy atom. The Bertz CT molecular complexity index is 1230. The molecule has 0 aliphatic carbocycles. The van der Waals surface area contributed by atoms with Crippen LogP contribution in [0.5, 0.6) is 0 Å². The topological polar surface area (TPSA) is 114 Å². The Morgan fingerprint density at radius 1 is 1.03 bits per heavy atom. The summed E-state index contributed by atoms with van der Waals surface area (Å²) in [6.07, 6.45) is -0.362. The molecule has 2 saturated heterocycles. The number of halogens is 2. The molecule has 2 aromatic carbocycles. The second kappa shape index (κ2) is 7.51. The molecule has 2 bridgehead atoms.